The highest BCUT2D eigenvalue weighted by Crippen LogP contribution is 2.18. The van der Waals surface area contributed by atoms with Crippen LogP contribution in [0.4, 0.5) is 0 Å². The van der Waals surface area contributed by atoms with E-state index < -0.39 is 0 Å². The number of ether oxygens (including phenoxy) is 1. The summed E-state index contributed by atoms with van der Waals surface area (Å²) < 4.78 is 5.72. The second-order valence-electron chi connectivity index (χ2n) is 4.99. The van der Waals surface area contributed by atoms with Crippen molar-refractivity contribution in [1.82, 2.24) is 9.80 Å². The Labute approximate surface area is 99.7 Å². The molecule has 4 nitrogen and oxygen atoms in total. The van der Waals surface area contributed by atoms with Crippen molar-refractivity contribution in [3.8, 4) is 0 Å². The maximum atomic E-state index is 5.85. The number of likely N-dealkylation sites (N-methyl/N-ethyl adjacent to an activating group) is 1. The fraction of sp³-hybridized carbons (Fsp3) is 1.00. The van der Waals surface area contributed by atoms with E-state index in [0.29, 0.717) is 18.7 Å². The lowest BCUT2D eigenvalue weighted by atomic mass is 10.1. The number of hydrogen-bond acceptors (Lipinski definition) is 4. The fourth-order valence-corrected chi connectivity index (χ4v) is 2.32. The Morgan fingerprint density at radius 1 is 1.31 bits per heavy atom. The molecule has 1 aliphatic rings. The molecule has 0 aliphatic carbocycles. The molecule has 96 valence electrons. The lowest BCUT2D eigenvalue weighted by Crippen LogP contribution is -2.46. The van der Waals surface area contributed by atoms with Crippen molar-refractivity contribution in [2.45, 2.75) is 31.4 Å². The average Bonchev–Trinajstić information content (AvgIpc) is 2.71. The average molecular weight is 229 g/mol. The smallest absolute Gasteiger partial charge is 0.0743 e. The lowest BCUT2D eigenvalue weighted by Gasteiger charge is -2.31. The third-order valence-electron chi connectivity index (χ3n) is 3.32. The predicted octanol–water partition coefficient (Wildman–Crippen LogP) is 0.376. The van der Waals surface area contributed by atoms with Gasteiger partial charge in [-0.2, -0.15) is 0 Å². The van der Waals surface area contributed by atoms with E-state index in [4.69, 9.17) is 10.5 Å². The summed E-state index contributed by atoms with van der Waals surface area (Å²) in [6.45, 7) is 3.84. The zero-order chi connectivity index (χ0) is 12.0. The summed E-state index contributed by atoms with van der Waals surface area (Å²) in [5.74, 6) is 0. The van der Waals surface area contributed by atoms with E-state index in [1.54, 1.807) is 0 Å². The molecule has 1 rings (SSSR count). The SMILES string of the molecule is CN(C)CCCN(C)C(CN)C1CCCO1. The summed E-state index contributed by atoms with van der Waals surface area (Å²) in [6.07, 6.45) is 3.90. The third-order valence-corrected chi connectivity index (χ3v) is 3.32. The predicted molar refractivity (Wildman–Crippen MR) is 67.6 cm³/mol. The molecule has 0 aromatic rings. The molecular formula is C12H27N3O. The van der Waals surface area contributed by atoms with Crippen LogP contribution in [0.5, 0.6) is 0 Å². The minimum absolute atomic E-state index is 0.356. The number of nitrogens with zero attached hydrogens (tertiary/aromatic N) is 2. The van der Waals surface area contributed by atoms with Crippen LogP contribution in [0.15, 0.2) is 0 Å². The van der Waals surface area contributed by atoms with Crippen LogP contribution in [0.25, 0.3) is 0 Å². The minimum Gasteiger partial charge on any atom is -0.377 e. The van der Waals surface area contributed by atoms with E-state index in [2.05, 4.69) is 30.9 Å². The first-order chi connectivity index (χ1) is 7.65. The van der Waals surface area contributed by atoms with Crippen LogP contribution in [0.1, 0.15) is 19.3 Å². The summed E-state index contributed by atoms with van der Waals surface area (Å²) in [5.41, 5.74) is 5.85. The molecule has 1 aliphatic heterocycles. The maximum absolute atomic E-state index is 5.85. The van der Waals surface area contributed by atoms with Crippen LogP contribution < -0.4 is 5.73 Å². The van der Waals surface area contributed by atoms with Gasteiger partial charge in [-0.3, -0.25) is 4.90 Å². The lowest BCUT2D eigenvalue weighted by molar-refractivity contribution is 0.0365. The molecule has 0 aromatic heterocycles. The highest BCUT2D eigenvalue weighted by atomic mass is 16.5. The molecule has 0 bridgehead atoms. The monoisotopic (exact) mass is 229 g/mol. The Morgan fingerprint density at radius 3 is 2.56 bits per heavy atom. The van der Waals surface area contributed by atoms with E-state index in [9.17, 15) is 0 Å². The highest BCUT2D eigenvalue weighted by Gasteiger charge is 2.27. The van der Waals surface area contributed by atoms with Crippen LogP contribution in [0.2, 0.25) is 0 Å². The fourth-order valence-electron chi connectivity index (χ4n) is 2.32. The van der Waals surface area contributed by atoms with Gasteiger partial charge in [0.05, 0.1) is 6.10 Å². The van der Waals surface area contributed by atoms with E-state index in [-0.39, 0.29) is 0 Å². The molecule has 16 heavy (non-hydrogen) atoms. The van der Waals surface area contributed by atoms with Gasteiger partial charge in [-0.25, -0.2) is 0 Å². The van der Waals surface area contributed by atoms with Gasteiger partial charge < -0.3 is 15.4 Å². The van der Waals surface area contributed by atoms with Gasteiger partial charge >= 0.3 is 0 Å². The molecule has 0 aromatic carbocycles. The van der Waals surface area contributed by atoms with E-state index in [1.165, 1.54) is 19.3 Å². The van der Waals surface area contributed by atoms with Crippen LogP contribution in [0, 0.1) is 0 Å². The first-order valence-electron chi connectivity index (χ1n) is 6.31. The molecule has 0 saturated carbocycles. The van der Waals surface area contributed by atoms with Crippen molar-refractivity contribution in [2.24, 2.45) is 5.73 Å². The van der Waals surface area contributed by atoms with Crippen molar-refractivity contribution < 1.29 is 4.74 Å². The van der Waals surface area contributed by atoms with Gasteiger partial charge in [0.25, 0.3) is 0 Å². The second kappa shape index (κ2) is 7.22. The Bertz CT molecular complexity index is 181. The number of hydrogen-bond donors (Lipinski definition) is 1. The van der Waals surface area contributed by atoms with Gasteiger partial charge in [-0.05, 0) is 53.5 Å². The quantitative estimate of drug-likeness (QED) is 0.685. The summed E-state index contributed by atoms with van der Waals surface area (Å²) >= 11 is 0. The van der Waals surface area contributed by atoms with Gasteiger partial charge in [0, 0.05) is 19.2 Å². The van der Waals surface area contributed by atoms with Crippen LogP contribution in [-0.4, -0.2) is 69.3 Å². The zero-order valence-electron chi connectivity index (χ0n) is 11.0. The molecule has 1 fully saturated rings. The van der Waals surface area contributed by atoms with Gasteiger partial charge in [0.2, 0.25) is 0 Å². The Balaban J connectivity index is 2.28. The maximum Gasteiger partial charge on any atom is 0.0743 e. The van der Waals surface area contributed by atoms with Crippen molar-refractivity contribution in [2.75, 3.05) is 47.4 Å². The number of nitrogens with two attached hydrogens (primary N) is 1. The van der Waals surface area contributed by atoms with Gasteiger partial charge in [0.1, 0.15) is 0 Å². The Hall–Kier alpha value is -0.160. The standard InChI is InChI=1S/C12H27N3O/c1-14(2)7-5-8-15(3)11(10-13)12-6-4-9-16-12/h11-12H,4-10,13H2,1-3H3. The summed E-state index contributed by atoms with van der Waals surface area (Å²) in [4.78, 5) is 4.58. The first-order valence-corrected chi connectivity index (χ1v) is 6.31. The van der Waals surface area contributed by atoms with E-state index in [0.717, 1.165) is 19.7 Å². The topological polar surface area (TPSA) is 41.7 Å². The molecule has 2 unspecified atom stereocenters. The van der Waals surface area contributed by atoms with E-state index >= 15 is 0 Å². The summed E-state index contributed by atoms with van der Waals surface area (Å²) in [7, 11) is 6.38. The molecule has 1 saturated heterocycles. The second-order valence-corrected chi connectivity index (χ2v) is 4.99. The van der Waals surface area contributed by atoms with Crippen molar-refractivity contribution in [1.29, 1.82) is 0 Å². The van der Waals surface area contributed by atoms with E-state index in [1.807, 2.05) is 0 Å². The summed E-state index contributed by atoms with van der Waals surface area (Å²) in [5, 5.41) is 0. The van der Waals surface area contributed by atoms with Crippen molar-refractivity contribution in [3.05, 3.63) is 0 Å². The molecule has 1 heterocycles. The van der Waals surface area contributed by atoms with Gasteiger partial charge in [0.15, 0.2) is 0 Å². The van der Waals surface area contributed by atoms with Crippen LogP contribution in [0.3, 0.4) is 0 Å². The minimum atomic E-state index is 0.356. The van der Waals surface area contributed by atoms with Crippen molar-refractivity contribution in [3.63, 3.8) is 0 Å². The van der Waals surface area contributed by atoms with Gasteiger partial charge in [-0.1, -0.05) is 0 Å². The van der Waals surface area contributed by atoms with Crippen molar-refractivity contribution >= 4 is 0 Å². The zero-order valence-corrected chi connectivity index (χ0v) is 11.0. The first kappa shape index (κ1) is 13.9. The molecule has 0 amide bonds. The largest absolute Gasteiger partial charge is 0.377 e. The Morgan fingerprint density at radius 2 is 2.06 bits per heavy atom. The molecule has 0 spiro atoms. The Kier molecular flexibility index (Phi) is 6.28. The molecular weight excluding hydrogens is 202 g/mol. The van der Waals surface area contributed by atoms with Crippen LogP contribution >= 0.6 is 0 Å². The molecule has 4 heteroatoms. The van der Waals surface area contributed by atoms with Crippen LogP contribution in [-0.2, 0) is 4.74 Å². The molecule has 0 radical (unpaired) electrons. The van der Waals surface area contributed by atoms with Gasteiger partial charge in [-0.15, -0.1) is 0 Å². The summed E-state index contributed by atoms with van der Waals surface area (Å²) in [6, 6.07) is 0.393. The molecule has 2 N–H and O–H groups in total. The highest BCUT2D eigenvalue weighted by molar-refractivity contribution is 4.82. The normalized spacial score (nSPS) is 23.2. The number of rotatable bonds is 7. The third kappa shape index (κ3) is 4.37. The molecule has 2 atom stereocenters.